The SMILES string of the molecule is Cc1ccc(NCCS(=O)(=O)O)c(C)c1. The highest BCUT2D eigenvalue weighted by Crippen LogP contribution is 2.15. The number of benzene rings is 1. The van der Waals surface area contributed by atoms with Crippen LogP contribution in [0.1, 0.15) is 11.1 Å². The fraction of sp³-hybridized carbons (Fsp3) is 0.400. The van der Waals surface area contributed by atoms with Crippen LogP contribution in [0.25, 0.3) is 0 Å². The van der Waals surface area contributed by atoms with Gasteiger partial charge >= 0.3 is 0 Å². The zero-order chi connectivity index (χ0) is 11.5. The maximum atomic E-state index is 10.5. The average Bonchev–Trinajstić information content (AvgIpc) is 2.07. The van der Waals surface area contributed by atoms with E-state index in [9.17, 15) is 8.42 Å². The van der Waals surface area contributed by atoms with Crippen molar-refractivity contribution in [1.29, 1.82) is 0 Å². The van der Waals surface area contributed by atoms with Crippen LogP contribution in [0.4, 0.5) is 5.69 Å². The highest BCUT2D eigenvalue weighted by Gasteiger charge is 2.04. The van der Waals surface area contributed by atoms with Crippen LogP contribution in [0.2, 0.25) is 0 Å². The third-order valence-corrected chi connectivity index (χ3v) is 2.78. The molecule has 0 aromatic heterocycles. The molecule has 1 rings (SSSR count). The van der Waals surface area contributed by atoms with Gasteiger partial charge in [-0.25, -0.2) is 0 Å². The molecule has 1 aromatic rings. The summed E-state index contributed by atoms with van der Waals surface area (Å²) in [5.41, 5.74) is 3.11. The summed E-state index contributed by atoms with van der Waals surface area (Å²) < 4.78 is 29.5. The summed E-state index contributed by atoms with van der Waals surface area (Å²) in [6, 6.07) is 5.85. The molecule has 1 aromatic carbocycles. The van der Waals surface area contributed by atoms with Gasteiger partial charge in [-0.15, -0.1) is 0 Å². The largest absolute Gasteiger partial charge is 0.384 e. The van der Waals surface area contributed by atoms with Crippen molar-refractivity contribution in [3.63, 3.8) is 0 Å². The van der Waals surface area contributed by atoms with Gasteiger partial charge < -0.3 is 5.32 Å². The van der Waals surface area contributed by atoms with Crippen LogP contribution in [-0.2, 0) is 10.1 Å². The van der Waals surface area contributed by atoms with Gasteiger partial charge in [-0.3, -0.25) is 4.55 Å². The Morgan fingerprint density at radius 3 is 2.53 bits per heavy atom. The maximum absolute atomic E-state index is 10.5. The molecule has 0 fully saturated rings. The van der Waals surface area contributed by atoms with Crippen LogP contribution >= 0.6 is 0 Å². The molecule has 0 saturated carbocycles. The Balaban J connectivity index is 2.59. The van der Waals surface area contributed by atoms with Crippen molar-refractivity contribution in [2.24, 2.45) is 0 Å². The van der Waals surface area contributed by atoms with Crippen molar-refractivity contribution in [2.45, 2.75) is 13.8 Å². The maximum Gasteiger partial charge on any atom is 0.266 e. The van der Waals surface area contributed by atoms with Crippen LogP contribution in [0, 0.1) is 13.8 Å². The summed E-state index contributed by atoms with van der Waals surface area (Å²) in [7, 11) is -3.88. The van der Waals surface area contributed by atoms with E-state index in [2.05, 4.69) is 5.32 Å². The number of hydrogen-bond donors (Lipinski definition) is 2. The molecule has 0 amide bonds. The predicted octanol–water partition coefficient (Wildman–Crippen LogP) is 1.60. The lowest BCUT2D eigenvalue weighted by molar-refractivity contribution is 0.484. The van der Waals surface area contributed by atoms with Gasteiger partial charge in [0.2, 0.25) is 0 Å². The Kier molecular flexibility index (Phi) is 3.71. The summed E-state index contributed by atoms with van der Waals surface area (Å²) in [5.74, 6) is -0.277. The molecule has 0 aliphatic rings. The highest BCUT2D eigenvalue weighted by molar-refractivity contribution is 7.85. The van der Waals surface area contributed by atoms with Crippen LogP contribution in [0.5, 0.6) is 0 Å². The molecule has 0 saturated heterocycles. The minimum atomic E-state index is -3.88. The average molecular weight is 229 g/mol. The molecule has 0 aliphatic heterocycles. The van der Waals surface area contributed by atoms with Gasteiger partial charge in [0, 0.05) is 12.2 Å². The van der Waals surface area contributed by atoms with Crippen molar-refractivity contribution < 1.29 is 13.0 Å². The van der Waals surface area contributed by atoms with Gasteiger partial charge in [0.1, 0.15) is 0 Å². The van der Waals surface area contributed by atoms with E-state index in [-0.39, 0.29) is 12.3 Å². The zero-order valence-corrected chi connectivity index (χ0v) is 9.63. The standard InChI is InChI=1S/C10H15NO3S/c1-8-3-4-10(9(2)7-8)11-5-6-15(12,13)14/h3-4,7,11H,5-6H2,1-2H3,(H,12,13,14). The molecule has 0 atom stereocenters. The lowest BCUT2D eigenvalue weighted by Crippen LogP contribution is -2.15. The second-order valence-electron chi connectivity index (χ2n) is 3.53. The molecular weight excluding hydrogens is 214 g/mol. The molecule has 2 N–H and O–H groups in total. The lowest BCUT2D eigenvalue weighted by Gasteiger charge is -2.09. The highest BCUT2D eigenvalue weighted by atomic mass is 32.2. The smallest absolute Gasteiger partial charge is 0.266 e. The van der Waals surface area contributed by atoms with Gasteiger partial charge in [-0.1, -0.05) is 17.7 Å². The van der Waals surface area contributed by atoms with Crippen molar-refractivity contribution in [3.8, 4) is 0 Å². The van der Waals surface area contributed by atoms with Crippen LogP contribution in [0.3, 0.4) is 0 Å². The molecule has 0 heterocycles. The van der Waals surface area contributed by atoms with Crippen molar-refractivity contribution in [2.75, 3.05) is 17.6 Å². The fourth-order valence-electron chi connectivity index (χ4n) is 1.33. The first-order valence-electron chi connectivity index (χ1n) is 4.65. The Hall–Kier alpha value is -1.07. The van der Waals surface area contributed by atoms with E-state index in [4.69, 9.17) is 4.55 Å². The minimum absolute atomic E-state index is 0.211. The summed E-state index contributed by atoms with van der Waals surface area (Å²) in [6.07, 6.45) is 0. The summed E-state index contributed by atoms with van der Waals surface area (Å²) in [6.45, 7) is 4.15. The number of hydrogen-bond acceptors (Lipinski definition) is 3. The van der Waals surface area contributed by atoms with Gasteiger partial charge in [0.25, 0.3) is 10.1 Å². The Labute approximate surface area is 90.1 Å². The first-order chi connectivity index (χ1) is 6.88. The van der Waals surface area contributed by atoms with E-state index in [0.29, 0.717) is 0 Å². The topological polar surface area (TPSA) is 66.4 Å². The summed E-state index contributed by atoms with van der Waals surface area (Å²) in [4.78, 5) is 0. The number of nitrogens with one attached hydrogen (secondary N) is 1. The molecule has 84 valence electrons. The van der Waals surface area contributed by atoms with Crippen molar-refractivity contribution in [3.05, 3.63) is 29.3 Å². The first-order valence-corrected chi connectivity index (χ1v) is 6.26. The molecule has 4 nitrogen and oxygen atoms in total. The molecule has 0 spiro atoms. The Morgan fingerprint density at radius 2 is 2.00 bits per heavy atom. The van der Waals surface area contributed by atoms with Gasteiger partial charge in [-0.05, 0) is 25.5 Å². The normalized spacial score (nSPS) is 11.4. The number of rotatable bonds is 4. The van der Waals surface area contributed by atoms with Crippen molar-refractivity contribution in [1.82, 2.24) is 0 Å². The zero-order valence-electron chi connectivity index (χ0n) is 8.82. The third-order valence-electron chi connectivity index (χ3n) is 2.06. The quantitative estimate of drug-likeness (QED) is 0.770. The van der Waals surface area contributed by atoms with E-state index in [0.717, 1.165) is 16.8 Å². The Morgan fingerprint density at radius 1 is 1.33 bits per heavy atom. The third kappa shape index (κ3) is 4.31. The molecule has 5 heteroatoms. The summed E-state index contributed by atoms with van der Waals surface area (Å²) in [5, 5.41) is 2.96. The minimum Gasteiger partial charge on any atom is -0.384 e. The number of anilines is 1. The van der Waals surface area contributed by atoms with Gasteiger partial charge in [-0.2, -0.15) is 8.42 Å². The van der Waals surface area contributed by atoms with E-state index < -0.39 is 10.1 Å². The Bertz CT molecular complexity index is 440. The van der Waals surface area contributed by atoms with E-state index in [1.807, 2.05) is 32.0 Å². The van der Waals surface area contributed by atoms with E-state index >= 15 is 0 Å². The fourth-order valence-corrected chi connectivity index (χ4v) is 1.69. The predicted molar refractivity (Wildman–Crippen MR) is 60.8 cm³/mol. The van der Waals surface area contributed by atoms with Crippen LogP contribution in [-0.4, -0.2) is 25.3 Å². The van der Waals surface area contributed by atoms with Gasteiger partial charge in [0.05, 0.1) is 5.75 Å². The molecule has 15 heavy (non-hydrogen) atoms. The molecule has 0 radical (unpaired) electrons. The molecule has 0 unspecified atom stereocenters. The second-order valence-corrected chi connectivity index (χ2v) is 5.10. The van der Waals surface area contributed by atoms with E-state index in [1.165, 1.54) is 0 Å². The van der Waals surface area contributed by atoms with Crippen LogP contribution in [0.15, 0.2) is 18.2 Å². The molecule has 0 bridgehead atoms. The number of aryl methyl sites for hydroxylation is 2. The van der Waals surface area contributed by atoms with E-state index in [1.54, 1.807) is 0 Å². The van der Waals surface area contributed by atoms with Crippen molar-refractivity contribution >= 4 is 15.8 Å². The summed E-state index contributed by atoms with van der Waals surface area (Å²) >= 11 is 0. The molecule has 0 aliphatic carbocycles. The lowest BCUT2D eigenvalue weighted by atomic mass is 10.1. The van der Waals surface area contributed by atoms with Gasteiger partial charge in [0.15, 0.2) is 0 Å². The first kappa shape index (κ1) is 12.0. The molecular formula is C10H15NO3S. The van der Waals surface area contributed by atoms with Crippen LogP contribution < -0.4 is 5.32 Å². The second kappa shape index (κ2) is 4.63. The monoisotopic (exact) mass is 229 g/mol.